The van der Waals surface area contributed by atoms with E-state index in [9.17, 15) is 9.59 Å². The number of ether oxygens (including phenoxy) is 2. The topological polar surface area (TPSA) is 59.1 Å². The number of methoxy groups -OCH3 is 1. The maximum absolute atomic E-state index is 13.1. The number of hydrogen-bond donors (Lipinski definition) is 0. The number of carbonyl (C=O) groups is 2. The summed E-state index contributed by atoms with van der Waals surface area (Å²) >= 11 is 1.48. The van der Waals surface area contributed by atoms with Crippen LogP contribution >= 0.6 is 11.3 Å². The minimum Gasteiger partial charge on any atom is -0.380 e. The predicted molar refractivity (Wildman–Crippen MR) is 122 cm³/mol. The van der Waals surface area contributed by atoms with E-state index < -0.39 is 0 Å². The summed E-state index contributed by atoms with van der Waals surface area (Å²) in [5.41, 5.74) is 2.54. The van der Waals surface area contributed by atoms with Crippen LogP contribution in [0.3, 0.4) is 0 Å². The molecule has 0 spiro atoms. The first-order valence-corrected chi connectivity index (χ1v) is 11.0. The van der Waals surface area contributed by atoms with E-state index in [0.717, 1.165) is 21.2 Å². The highest BCUT2D eigenvalue weighted by molar-refractivity contribution is 7.21. The fraction of sp³-hybridized carbons (Fsp3) is 0.333. The van der Waals surface area contributed by atoms with Crippen LogP contribution in [0.1, 0.15) is 37.3 Å². The average molecular weight is 439 g/mol. The van der Waals surface area contributed by atoms with E-state index >= 15 is 0 Å². The van der Waals surface area contributed by atoms with Crippen molar-refractivity contribution in [2.24, 2.45) is 0 Å². The minimum absolute atomic E-state index is 0.0303. The molecule has 1 unspecified atom stereocenters. The van der Waals surface area contributed by atoms with Crippen molar-refractivity contribution in [3.05, 3.63) is 70.1 Å². The SMILES string of the molecule is COCc1ccc(C(=O)N2CCOC(c3c(C(=O)N(C)C)sc4ccccc34)C2)cc1. The minimum atomic E-state index is -0.347. The van der Waals surface area contributed by atoms with Crippen molar-refractivity contribution in [2.75, 3.05) is 40.9 Å². The molecule has 0 radical (unpaired) electrons. The van der Waals surface area contributed by atoms with Gasteiger partial charge in [0.25, 0.3) is 11.8 Å². The van der Waals surface area contributed by atoms with Crippen molar-refractivity contribution in [1.29, 1.82) is 0 Å². The smallest absolute Gasteiger partial charge is 0.263 e. The predicted octanol–water partition coefficient (Wildman–Crippen LogP) is 3.96. The number of benzene rings is 2. The standard InChI is InChI=1S/C24H26N2O4S/c1-25(2)24(28)22-21(18-6-4-5-7-20(18)31-22)19-14-26(12-13-30-19)23(27)17-10-8-16(9-11-17)15-29-3/h4-11,19H,12-15H2,1-3H3. The van der Waals surface area contributed by atoms with Gasteiger partial charge in [-0.3, -0.25) is 9.59 Å². The Morgan fingerprint density at radius 1 is 1.16 bits per heavy atom. The van der Waals surface area contributed by atoms with Crippen LogP contribution in [0.4, 0.5) is 0 Å². The lowest BCUT2D eigenvalue weighted by atomic mass is 10.0. The van der Waals surface area contributed by atoms with E-state index in [1.54, 1.807) is 26.1 Å². The van der Waals surface area contributed by atoms with Crippen molar-refractivity contribution >= 4 is 33.2 Å². The Labute approximate surface area is 186 Å². The molecule has 2 aromatic carbocycles. The van der Waals surface area contributed by atoms with E-state index in [1.165, 1.54) is 11.3 Å². The van der Waals surface area contributed by atoms with Gasteiger partial charge in [0.15, 0.2) is 0 Å². The normalized spacial score (nSPS) is 16.5. The third-order valence-corrected chi connectivity index (χ3v) is 6.60. The number of carbonyl (C=O) groups excluding carboxylic acids is 2. The molecule has 0 saturated carbocycles. The highest BCUT2D eigenvalue weighted by Crippen LogP contribution is 2.38. The van der Waals surface area contributed by atoms with Gasteiger partial charge in [-0.1, -0.05) is 30.3 Å². The zero-order chi connectivity index (χ0) is 22.0. The molecule has 1 saturated heterocycles. The molecule has 2 amide bonds. The van der Waals surface area contributed by atoms with Crippen LogP contribution in [0, 0.1) is 0 Å². The third-order valence-electron chi connectivity index (χ3n) is 5.42. The van der Waals surface area contributed by atoms with Gasteiger partial charge in [-0.05, 0) is 29.1 Å². The van der Waals surface area contributed by atoms with Gasteiger partial charge in [0.2, 0.25) is 0 Å². The van der Waals surface area contributed by atoms with Crippen LogP contribution in [0.15, 0.2) is 48.5 Å². The van der Waals surface area contributed by atoms with Crippen LogP contribution in [-0.4, -0.2) is 62.5 Å². The molecular weight excluding hydrogens is 412 g/mol. The zero-order valence-corrected chi connectivity index (χ0v) is 18.8. The summed E-state index contributed by atoms with van der Waals surface area (Å²) in [6.07, 6.45) is -0.347. The molecule has 6 nitrogen and oxygen atoms in total. The van der Waals surface area contributed by atoms with E-state index in [0.29, 0.717) is 36.7 Å². The summed E-state index contributed by atoms with van der Waals surface area (Å²) in [4.78, 5) is 30.1. The summed E-state index contributed by atoms with van der Waals surface area (Å²) < 4.78 is 12.3. The van der Waals surface area contributed by atoms with Crippen LogP contribution in [0.2, 0.25) is 0 Å². The molecule has 3 aromatic rings. The van der Waals surface area contributed by atoms with Crippen LogP contribution in [-0.2, 0) is 16.1 Å². The Balaban J connectivity index is 1.63. The molecule has 0 aliphatic carbocycles. The van der Waals surface area contributed by atoms with E-state index in [2.05, 4.69) is 0 Å². The first-order chi connectivity index (χ1) is 15.0. The molecule has 1 aliphatic heterocycles. The van der Waals surface area contributed by atoms with Gasteiger partial charge < -0.3 is 19.3 Å². The molecule has 1 atom stereocenters. The summed E-state index contributed by atoms with van der Waals surface area (Å²) in [6.45, 7) is 1.88. The van der Waals surface area contributed by atoms with Gasteiger partial charge in [0, 0.05) is 43.6 Å². The number of morpholine rings is 1. The molecule has 1 aromatic heterocycles. The van der Waals surface area contributed by atoms with Gasteiger partial charge in [-0.25, -0.2) is 0 Å². The number of fused-ring (bicyclic) bond motifs is 1. The number of rotatable bonds is 5. The van der Waals surface area contributed by atoms with E-state index in [-0.39, 0.29) is 17.9 Å². The number of thiophene rings is 1. The highest BCUT2D eigenvalue weighted by Gasteiger charge is 2.32. The second-order valence-corrected chi connectivity index (χ2v) is 8.83. The average Bonchev–Trinajstić information content (AvgIpc) is 3.18. The lowest BCUT2D eigenvalue weighted by Crippen LogP contribution is -2.42. The summed E-state index contributed by atoms with van der Waals surface area (Å²) in [7, 11) is 5.15. The summed E-state index contributed by atoms with van der Waals surface area (Å²) in [6, 6.07) is 15.5. The monoisotopic (exact) mass is 438 g/mol. The first kappa shape index (κ1) is 21.5. The fourth-order valence-corrected chi connectivity index (χ4v) is 5.12. The number of hydrogen-bond acceptors (Lipinski definition) is 5. The Morgan fingerprint density at radius 2 is 1.90 bits per heavy atom. The molecule has 1 fully saturated rings. The molecule has 0 N–H and O–H groups in total. The molecule has 2 heterocycles. The molecule has 0 bridgehead atoms. The quantitative estimate of drug-likeness (QED) is 0.605. The lowest BCUT2D eigenvalue weighted by Gasteiger charge is -2.33. The second-order valence-electron chi connectivity index (χ2n) is 7.78. The van der Waals surface area contributed by atoms with Crippen LogP contribution in [0.25, 0.3) is 10.1 Å². The maximum atomic E-state index is 13.1. The second kappa shape index (κ2) is 9.18. The van der Waals surface area contributed by atoms with Crippen LogP contribution < -0.4 is 0 Å². The van der Waals surface area contributed by atoms with Gasteiger partial charge in [0.05, 0.1) is 24.6 Å². The molecular formula is C24H26N2O4S. The molecule has 7 heteroatoms. The largest absolute Gasteiger partial charge is 0.380 e. The summed E-state index contributed by atoms with van der Waals surface area (Å²) in [5.74, 6) is -0.0748. The Hall–Kier alpha value is -2.74. The Bertz CT molecular complexity index is 1090. The zero-order valence-electron chi connectivity index (χ0n) is 18.0. The van der Waals surface area contributed by atoms with E-state index in [4.69, 9.17) is 9.47 Å². The van der Waals surface area contributed by atoms with Gasteiger partial charge in [0.1, 0.15) is 6.10 Å². The van der Waals surface area contributed by atoms with Gasteiger partial charge in [-0.15, -0.1) is 11.3 Å². The summed E-state index contributed by atoms with van der Waals surface area (Å²) in [5, 5.41) is 1.01. The van der Waals surface area contributed by atoms with Crippen molar-refractivity contribution in [3.63, 3.8) is 0 Å². The molecule has 1 aliphatic rings. The molecule has 31 heavy (non-hydrogen) atoms. The number of amides is 2. The Morgan fingerprint density at radius 3 is 2.61 bits per heavy atom. The fourth-order valence-electron chi connectivity index (χ4n) is 3.85. The van der Waals surface area contributed by atoms with Gasteiger partial charge >= 0.3 is 0 Å². The molecule has 162 valence electrons. The van der Waals surface area contributed by atoms with E-state index in [1.807, 2.05) is 53.4 Å². The van der Waals surface area contributed by atoms with Crippen molar-refractivity contribution in [2.45, 2.75) is 12.7 Å². The first-order valence-electron chi connectivity index (χ1n) is 10.2. The number of nitrogens with zero attached hydrogens (tertiary/aromatic N) is 2. The highest BCUT2D eigenvalue weighted by atomic mass is 32.1. The van der Waals surface area contributed by atoms with Crippen LogP contribution in [0.5, 0.6) is 0 Å². The Kier molecular flexibility index (Phi) is 6.36. The third kappa shape index (κ3) is 4.35. The van der Waals surface area contributed by atoms with Gasteiger partial charge in [-0.2, -0.15) is 0 Å². The van der Waals surface area contributed by atoms with Crippen molar-refractivity contribution in [1.82, 2.24) is 9.80 Å². The maximum Gasteiger partial charge on any atom is 0.263 e. The van der Waals surface area contributed by atoms with Crippen molar-refractivity contribution < 1.29 is 19.1 Å². The lowest BCUT2D eigenvalue weighted by molar-refractivity contribution is -0.0223. The molecule has 4 rings (SSSR count). The van der Waals surface area contributed by atoms with Crippen molar-refractivity contribution in [3.8, 4) is 0 Å².